The Bertz CT molecular complexity index is 1100. The van der Waals surface area contributed by atoms with Crippen molar-refractivity contribution in [3.05, 3.63) is 48.5 Å². The molecule has 0 aliphatic heterocycles. The fraction of sp³-hybridized carbons (Fsp3) is 0.111. The Morgan fingerprint density at radius 2 is 1.96 bits per heavy atom. The quantitative estimate of drug-likeness (QED) is 0.557. The SMILES string of the molecule is COc1ccc(NC(=O)Cn2c(-c3nonc3N)nc3ccccc32)cc1. The second-order valence-corrected chi connectivity index (χ2v) is 5.79. The van der Waals surface area contributed by atoms with Gasteiger partial charge in [-0.05, 0) is 46.7 Å². The number of nitrogens with zero attached hydrogens (tertiary/aromatic N) is 4. The summed E-state index contributed by atoms with van der Waals surface area (Å²) in [6.45, 7) is 0.0220. The van der Waals surface area contributed by atoms with Gasteiger partial charge in [0, 0.05) is 5.69 Å². The van der Waals surface area contributed by atoms with E-state index in [0.717, 1.165) is 5.52 Å². The first kappa shape index (κ1) is 16.6. The largest absolute Gasteiger partial charge is 0.497 e. The summed E-state index contributed by atoms with van der Waals surface area (Å²) in [6.07, 6.45) is 0. The van der Waals surface area contributed by atoms with E-state index < -0.39 is 0 Å². The molecule has 2 heterocycles. The number of hydrogen-bond donors (Lipinski definition) is 2. The lowest BCUT2D eigenvalue weighted by Crippen LogP contribution is -2.19. The Labute approximate surface area is 153 Å². The van der Waals surface area contributed by atoms with Crippen LogP contribution in [0.5, 0.6) is 5.75 Å². The molecule has 2 aromatic carbocycles. The van der Waals surface area contributed by atoms with E-state index in [2.05, 4.69) is 25.2 Å². The van der Waals surface area contributed by atoms with E-state index in [1.54, 1.807) is 35.9 Å². The van der Waals surface area contributed by atoms with Crippen LogP contribution in [0.25, 0.3) is 22.6 Å². The van der Waals surface area contributed by atoms with Crippen LogP contribution in [0.3, 0.4) is 0 Å². The molecule has 0 saturated carbocycles. The van der Waals surface area contributed by atoms with Crippen molar-refractivity contribution in [3.8, 4) is 17.3 Å². The zero-order valence-corrected chi connectivity index (χ0v) is 14.4. The van der Waals surface area contributed by atoms with E-state index in [-0.39, 0.29) is 18.3 Å². The molecule has 4 aromatic rings. The van der Waals surface area contributed by atoms with Crippen LogP contribution >= 0.6 is 0 Å². The van der Waals surface area contributed by atoms with Crippen molar-refractivity contribution in [3.63, 3.8) is 0 Å². The summed E-state index contributed by atoms with van der Waals surface area (Å²) < 4.78 is 11.5. The summed E-state index contributed by atoms with van der Waals surface area (Å²) in [4.78, 5) is 17.1. The third-order valence-electron chi connectivity index (χ3n) is 4.06. The highest BCUT2D eigenvalue weighted by Gasteiger charge is 2.20. The van der Waals surface area contributed by atoms with Crippen LogP contribution in [0.4, 0.5) is 11.5 Å². The third kappa shape index (κ3) is 3.17. The maximum atomic E-state index is 12.6. The van der Waals surface area contributed by atoms with Crippen LogP contribution in [0, 0.1) is 0 Å². The number of imidazole rings is 1. The average molecular weight is 364 g/mol. The van der Waals surface area contributed by atoms with Gasteiger partial charge in [-0.1, -0.05) is 12.1 Å². The van der Waals surface area contributed by atoms with Crippen molar-refractivity contribution < 1.29 is 14.2 Å². The maximum absolute atomic E-state index is 12.6. The van der Waals surface area contributed by atoms with Crippen LogP contribution in [0.2, 0.25) is 0 Å². The van der Waals surface area contributed by atoms with Gasteiger partial charge in [-0.3, -0.25) is 4.79 Å². The second kappa shape index (κ2) is 6.79. The summed E-state index contributed by atoms with van der Waals surface area (Å²) in [6, 6.07) is 14.5. The molecule has 3 N–H and O–H groups in total. The van der Waals surface area contributed by atoms with E-state index in [1.165, 1.54) is 0 Å². The molecule has 9 nitrogen and oxygen atoms in total. The number of carbonyl (C=O) groups is 1. The molecule has 0 aliphatic rings. The molecule has 0 radical (unpaired) electrons. The van der Waals surface area contributed by atoms with Gasteiger partial charge in [0.1, 0.15) is 12.3 Å². The van der Waals surface area contributed by atoms with E-state index in [1.807, 2.05) is 24.3 Å². The Morgan fingerprint density at radius 3 is 2.67 bits per heavy atom. The zero-order valence-electron chi connectivity index (χ0n) is 14.4. The van der Waals surface area contributed by atoms with Gasteiger partial charge in [0.25, 0.3) is 0 Å². The summed E-state index contributed by atoms with van der Waals surface area (Å²) in [7, 11) is 1.59. The molecule has 2 aromatic heterocycles. The van der Waals surface area contributed by atoms with Gasteiger partial charge in [-0.15, -0.1) is 0 Å². The average Bonchev–Trinajstić information content (AvgIpc) is 3.26. The van der Waals surface area contributed by atoms with E-state index in [9.17, 15) is 4.79 Å². The monoisotopic (exact) mass is 364 g/mol. The second-order valence-electron chi connectivity index (χ2n) is 5.79. The summed E-state index contributed by atoms with van der Waals surface area (Å²) in [5, 5.41) is 10.3. The number of nitrogens with two attached hydrogens (primary N) is 1. The Kier molecular flexibility index (Phi) is 4.17. The predicted octanol–water partition coefficient (Wildman–Crippen LogP) is 2.32. The van der Waals surface area contributed by atoms with Crippen molar-refractivity contribution in [2.45, 2.75) is 6.54 Å². The molecule has 27 heavy (non-hydrogen) atoms. The van der Waals surface area contributed by atoms with E-state index in [4.69, 9.17) is 10.5 Å². The molecular weight excluding hydrogens is 348 g/mol. The van der Waals surface area contributed by atoms with Gasteiger partial charge in [-0.25, -0.2) is 9.61 Å². The molecule has 0 saturated heterocycles. The first-order chi connectivity index (χ1) is 13.2. The molecule has 4 rings (SSSR count). The Balaban J connectivity index is 1.66. The molecule has 0 fully saturated rings. The summed E-state index contributed by atoms with van der Waals surface area (Å²) in [5.41, 5.74) is 8.26. The number of carbonyl (C=O) groups excluding carboxylic acids is 1. The van der Waals surface area contributed by atoms with Crippen LogP contribution in [0.15, 0.2) is 53.2 Å². The smallest absolute Gasteiger partial charge is 0.244 e. The number of hydrogen-bond acceptors (Lipinski definition) is 7. The normalized spacial score (nSPS) is 10.9. The number of nitrogen functional groups attached to an aromatic ring is 1. The van der Waals surface area contributed by atoms with Gasteiger partial charge in [0.05, 0.1) is 18.1 Å². The highest BCUT2D eigenvalue weighted by atomic mass is 16.6. The molecule has 0 bridgehead atoms. The minimum atomic E-state index is -0.223. The zero-order chi connectivity index (χ0) is 18.8. The molecule has 1 amide bonds. The van der Waals surface area contributed by atoms with Crippen molar-refractivity contribution in [1.29, 1.82) is 0 Å². The highest BCUT2D eigenvalue weighted by molar-refractivity contribution is 5.92. The topological polar surface area (TPSA) is 121 Å². The van der Waals surface area contributed by atoms with E-state index in [0.29, 0.717) is 28.5 Å². The van der Waals surface area contributed by atoms with Gasteiger partial charge in [-0.2, -0.15) is 0 Å². The number of fused-ring (bicyclic) bond motifs is 1. The first-order valence-electron chi connectivity index (χ1n) is 8.13. The number of benzene rings is 2. The van der Waals surface area contributed by atoms with Gasteiger partial charge in [0.2, 0.25) is 5.91 Å². The first-order valence-corrected chi connectivity index (χ1v) is 8.13. The summed E-state index contributed by atoms with van der Waals surface area (Å²) in [5.74, 6) is 1.02. The maximum Gasteiger partial charge on any atom is 0.244 e. The number of para-hydroxylation sites is 2. The molecule has 0 spiro atoms. The van der Waals surface area contributed by atoms with Crippen molar-refractivity contribution in [2.75, 3.05) is 18.2 Å². The predicted molar refractivity (Wildman–Crippen MR) is 99.1 cm³/mol. The Hall–Kier alpha value is -3.88. The lowest BCUT2D eigenvalue weighted by atomic mass is 10.3. The molecule has 0 atom stereocenters. The number of rotatable bonds is 5. The fourth-order valence-electron chi connectivity index (χ4n) is 2.79. The molecule has 0 unspecified atom stereocenters. The van der Waals surface area contributed by atoms with Crippen molar-refractivity contribution >= 4 is 28.4 Å². The molecule has 136 valence electrons. The van der Waals surface area contributed by atoms with Crippen LogP contribution in [-0.4, -0.2) is 32.9 Å². The standard InChI is InChI=1S/C18H16N6O3/c1-26-12-8-6-11(7-9-12)20-15(25)10-24-14-5-3-2-4-13(14)21-18(24)16-17(19)23-27-22-16/h2-9H,10H2,1H3,(H2,19,23)(H,20,25). The van der Waals surface area contributed by atoms with E-state index >= 15 is 0 Å². The van der Waals surface area contributed by atoms with Gasteiger partial charge >= 0.3 is 0 Å². The number of methoxy groups -OCH3 is 1. The Morgan fingerprint density at radius 1 is 1.19 bits per heavy atom. The van der Waals surface area contributed by atoms with Crippen LogP contribution in [-0.2, 0) is 11.3 Å². The van der Waals surface area contributed by atoms with Gasteiger partial charge < -0.3 is 20.4 Å². The van der Waals surface area contributed by atoms with Gasteiger partial charge in [0.15, 0.2) is 17.3 Å². The van der Waals surface area contributed by atoms with Crippen LogP contribution < -0.4 is 15.8 Å². The fourth-order valence-corrected chi connectivity index (χ4v) is 2.79. The number of ether oxygens (including phenoxy) is 1. The minimum absolute atomic E-state index is 0.0220. The lowest BCUT2D eigenvalue weighted by Gasteiger charge is -2.09. The number of amides is 1. The highest BCUT2D eigenvalue weighted by Crippen LogP contribution is 2.26. The summed E-state index contributed by atoms with van der Waals surface area (Å²) >= 11 is 0. The molecule has 9 heteroatoms. The molecular formula is C18H16N6O3. The number of anilines is 2. The minimum Gasteiger partial charge on any atom is -0.497 e. The molecule has 0 aliphatic carbocycles. The lowest BCUT2D eigenvalue weighted by molar-refractivity contribution is -0.116. The van der Waals surface area contributed by atoms with Crippen molar-refractivity contribution in [2.24, 2.45) is 0 Å². The number of nitrogens with one attached hydrogen (secondary N) is 1. The van der Waals surface area contributed by atoms with Crippen molar-refractivity contribution in [1.82, 2.24) is 19.9 Å². The van der Waals surface area contributed by atoms with Crippen LogP contribution in [0.1, 0.15) is 0 Å². The number of aromatic nitrogens is 4. The third-order valence-corrected chi connectivity index (χ3v) is 4.06.